The molecule has 1 saturated heterocycles. The molecule has 1 aromatic carbocycles. The number of hydrogen-bond donors (Lipinski definition) is 0. The van der Waals surface area contributed by atoms with Gasteiger partial charge in [0.2, 0.25) is 5.78 Å². The number of amides is 1. The van der Waals surface area contributed by atoms with Crippen LogP contribution in [0.25, 0.3) is 0 Å². The number of Topliss-reactive ketones (excluding diaryl/α,β-unsaturated/α-hetero) is 1. The van der Waals surface area contributed by atoms with Gasteiger partial charge in [0.15, 0.2) is 5.76 Å². The van der Waals surface area contributed by atoms with Gasteiger partial charge in [-0.05, 0) is 30.3 Å². The number of rotatable bonds is 4. The Morgan fingerprint density at radius 3 is 2.50 bits per heavy atom. The Labute approximate surface area is 149 Å². The van der Waals surface area contributed by atoms with Crippen LogP contribution in [0.2, 0.25) is 10.0 Å². The zero-order chi connectivity index (χ0) is 17.1. The van der Waals surface area contributed by atoms with Crippen LogP contribution in [-0.4, -0.2) is 54.2 Å². The molecular weight excluding hydrogens is 351 g/mol. The van der Waals surface area contributed by atoms with Crippen molar-refractivity contribution in [2.24, 2.45) is 0 Å². The summed E-state index contributed by atoms with van der Waals surface area (Å²) in [6.45, 7) is 2.60. The first-order valence-electron chi connectivity index (χ1n) is 7.58. The van der Waals surface area contributed by atoms with Gasteiger partial charge in [-0.2, -0.15) is 0 Å². The van der Waals surface area contributed by atoms with Crippen LogP contribution in [0.5, 0.6) is 0 Å². The van der Waals surface area contributed by atoms with E-state index in [9.17, 15) is 9.59 Å². The molecule has 0 aliphatic carbocycles. The van der Waals surface area contributed by atoms with Crippen molar-refractivity contribution in [2.75, 3.05) is 32.7 Å². The molecule has 0 bridgehead atoms. The average Bonchev–Trinajstić information content (AvgIpc) is 3.12. The smallest absolute Gasteiger partial charge is 0.255 e. The zero-order valence-corrected chi connectivity index (χ0v) is 14.4. The van der Waals surface area contributed by atoms with E-state index in [-0.39, 0.29) is 18.2 Å². The highest BCUT2D eigenvalue weighted by atomic mass is 35.5. The maximum Gasteiger partial charge on any atom is 0.255 e. The molecule has 1 amide bonds. The molecule has 5 nitrogen and oxygen atoms in total. The van der Waals surface area contributed by atoms with Crippen molar-refractivity contribution in [3.63, 3.8) is 0 Å². The first kappa shape index (κ1) is 17.0. The third-order valence-corrected chi connectivity index (χ3v) is 4.55. The van der Waals surface area contributed by atoms with Crippen molar-refractivity contribution in [1.29, 1.82) is 0 Å². The third kappa shape index (κ3) is 3.80. The number of hydrogen-bond acceptors (Lipinski definition) is 4. The molecule has 126 valence electrons. The fourth-order valence-corrected chi connectivity index (χ4v) is 3.03. The predicted molar refractivity (Wildman–Crippen MR) is 91.8 cm³/mol. The van der Waals surface area contributed by atoms with Crippen LogP contribution in [0.15, 0.2) is 41.0 Å². The number of nitrogens with zero attached hydrogens (tertiary/aromatic N) is 2. The molecule has 0 spiro atoms. The number of ketones is 1. The van der Waals surface area contributed by atoms with Crippen LogP contribution in [0, 0.1) is 0 Å². The van der Waals surface area contributed by atoms with E-state index in [1.165, 1.54) is 6.26 Å². The topological polar surface area (TPSA) is 53.8 Å². The average molecular weight is 367 g/mol. The summed E-state index contributed by atoms with van der Waals surface area (Å²) in [4.78, 5) is 28.4. The van der Waals surface area contributed by atoms with E-state index >= 15 is 0 Å². The number of piperazine rings is 1. The first-order valence-corrected chi connectivity index (χ1v) is 8.33. The van der Waals surface area contributed by atoms with Gasteiger partial charge in [0.1, 0.15) is 0 Å². The first-order chi connectivity index (χ1) is 11.5. The summed E-state index contributed by atoms with van der Waals surface area (Å²) < 4.78 is 5.11. The molecule has 1 fully saturated rings. The van der Waals surface area contributed by atoms with Gasteiger partial charge in [0.25, 0.3) is 5.91 Å². The van der Waals surface area contributed by atoms with Gasteiger partial charge in [-0.1, -0.05) is 23.2 Å². The van der Waals surface area contributed by atoms with Crippen molar-refractivity contribution in [1.82, 2.24) is 9.80 Å². The SMILES string of the molecule is O=C(CN1CCN(C(=O)c2cc(Cl)ccc2Cl)CC1)c1ccco1. The molecular formula is C17H16Cl2N2O3. The number of carbonyl (C=O) groups is 2. The third-order valence-electron chi connectivity index (χ3n) is 3.98. The molecule has 0 atom stereocenters. The second-order valence-electron chi connectivity index (χ2n) is 5.59. The molecule has 1 aromatic heterocycles. The van der Waals surface area contributed by atoms with Gasteiger partial charge in [0.05, 0.1) is 23.4 Å². The summed E-state index contributed by atoms with van der Waals surface area (Å²) in [5, 5.41) is 0.866. The molecule has 2 aromatic rings. The van der Waals surface area contributed by atoms with Crippen molar-refractivity contribution in [3.8, 4) is 0 Å². The van der Waals surface area contributed by atoms with Gasteiger partial charge in [-0.25, -0.2) is 0 Å². The van der Waals surface area contributed by atoms with E-state index in [1.807, 2.05) is 4.90 Å². The second-order valence-corrected chi connectivity index (χ2v) is 6.44. The van der Waals surface area contributed by atoms with Crippen molar-refractivity contribution >= 4 is 34.9 Å². The fraction of sp³-hybridized carbons (Fsp3) is 0.294. The van der Waals surface area contributed by atoms with Crippen molar-refractivity contribution in [2.45, 2.75) is 0 Å². The van der Waals surface area contributed by atoms with Gasteiger partial charge < -0.3 is 9.32 Å². The Morgan fingerprint density at radius 2 is 1.83 bits per heavy atom. The summed E-state index contributed by atoms with van der Waals surface area (Å²) in [7, 11) is 0. The summed E-state index contributed by atoms with van der Waals surface area (Å²) in [6.07, 6.45) is 1.48. The van der Waals surface area contributed by atoms with Crippen LogP contribution < -0.4 is 0 Å². The zero-order valence-electron chi connectivity index (χ0n) is 12.9. The predicted octanol–water partition coefficient (Wildman–Crippen LogP) is 3.23. The van der Waals surface area contributed by atoms with Crippen LogP contribution in [-0.2, 0) is 0 Å². The molecule has 24 heavy (non-hydrogen) atoms. The number of carbonyl (C=O) groups excluding carboxylic acids is 2. The standard InChI is InChI=1S/C17H16Cl2N2O3/c18-12-3-4-14(19)13(10-12)17(23)21-7-5-20(6-8-21)11-15(22)16-2-1-9-24-16/h1-4,9-10H,5-8,11H2. The van der Waals surface area contributed by atoms with E-state index in [0.717, 1.165) is 0 Å². The Morgan fingerprint density at radius 1 is 1.08 bits per heavy atom. The lowest BCUT2D eigenvalue weighted by molar-refractivity contribution is 0.0620. The lowest BCUT2D eigenvalue weighted by Gasteiger charge is -2.34. The maximum absolute atomic E-state index is 12.6. The minimum Gasteiger partial charge on any atom is -0.461 e. The summed E-state index contributed by atoms with van der Waals surface area (Å²) in [5.41, 5.74) is 0.407. The van der Waals surface area contributed by atoms with Crippen molar-refractivity contribution in [3.05, 3.63) is 58.0 Å². The Balaban J connectivity index is 1.57. The molecule has 0 unspecified atom stereocenters. The summed E-state index contributed by atoms with van der Waals surface area (Å²) in [5.74, 6) is 0.163. The normalized spacial score (nSPS) is 15.5. The Bertz CT molecular complexity index is 738. The largest absolute Gasteiger partial charge is 0.461 e. The van der Waals surface area contributed by atoms with Crippen LogP contribution in [0.3, 0.4) is 0 Å². The molecule has 3 rings (SSSR count). The van der Waals surface area contributed by atoms with Gasteiger partial charge >= 0.3 is 0 Å². The molecule has 0 saturated carbocycles. The highest BCUT2D eigenvalue weighted by molar-refractivity contribution is 6.35. The van der Waals surface area contributed by atoms with Crippen LogP contribution in [0.4, 0.5) is 0 Å². The minimum atomic E-state index is -0.139. The Kier molecular flexibility index (Phi) is 5.23. The molecule has 7 heteroatoms. The quantitative estimate of drug-likeness (QED) is 0.779. The monoisotopic (exact) mass is 366 g/mol. The summed E-state index contributed by atoms with van der Waals surface area (Å²) in [6, 6.07) is 8.20. The van der Waals surface area contributed by atoms with E-state index in [2.05, 4.69) is 0 Å². The molecule has 2 heterocycles. The van der Waals surface area contributed by atoms with E-state index in [4.69, 9.17) is 27.6 Å². The fourth-order valence-electron chi connectivity index (χ4n) is 2.66. The second kappa shape index (κ2) is 7.38. The van der Waals surface area contributed by atoms with Crippen LogP contribution in [0.1, 0.15) is 20.9 Å². The lowest BCUT2D eigenvalue weighted by atomic mass is 10.1. The highest BCUT2D eigenvalue weighted by Gasteiger charge is 2.25. The van der Waals surface area contributed by atoms with E-state index in [0.29, 0.717) is 47.5 Å². The Hall–Kier alpha value is -1.82. The number of benzene rings is 1. The minimum absolute atomic E-state index is 0.0577. The van der Waals surface area contributed by atoms with Gasteiger partial charge in [-0.3, -0.25) is 14.5 Å². The number of halogens is 2. The molecule has 0 N–H and O–H groups in total. The van der Waals surface area contributed by atoms with Crippen LogP contribution >= 0.6 is 23.2 Å². The molecule has 1 aliphatic rings. The van der Waals surface area contributed by atoms with Gasteiger partial charge in [0, 0.05) is 31.2 Å². The highest BCUT2D eigenvalue weighted by Crippen LogP contribution is 2.22. The van der Waals surface area contributed by atoms with Gasteiger partial charge in [-0.15, -0.1) is 0 Å². The summed E-state index contributed by atoms with van der Waals surface area (Å²) >= 11 is 12.0. The molecule has 1 aliphatic heterocycles. The van der Waals surface area contributed by atoms with Crippen molar-refractivity contribution < 1.29 is 14.0 Å². The van der Waals surface area contributed by atoms with E-state index < -0.39 is 0 Å². The lowest BCUT2D eigenvalue weighted by Crippen LogP contribution is -2.49. The number of furan rings is 1. The van der Waals surface area contributed by atoms with E-state index in [1.54, 1.807) is 35.2 Å². The maximum atomic E-state index is 12.6. The molecule has 0 radical (unpaired) electrons.